The molecule has 4 heterocycles. The summed E-state index contributed by atoms with van der Waals surface area (Å²) in [7, 11) is 0. The fourth-order valence-electron chi connectivity index (χ4n) is 3.88. The minimum atomic E-state index is -0.147. The van der Waals surface area contributed by atoms with Crippen LogP contribution in [0.5, 0.6) is 0 Å². The fourth-order valence-corrected chi connectivity index (χ4v) is 3.88. The Kier molecular flexibility index (Phi) is 5.57. The molecular weight excluding hydrogens is 374 g/mol. The average Bonchev–Trinajstić information content (AvgIpc) is 2.79. The SMILES string of the molecule is CC(C)(C)c1ncc(-c2ccncc2)c(C2CCCN(C(=O)c3cccnc3)C2)n1. The van der Waals surface area contributed by atoms with Crippen LogP contribution in [0.4, 0.5) is 0 Å². The number of nitrogens with zero attached hydrogens (tertiary/aromatic N) is 5. The summed E-state index contributed by atoms with van der Waals surface area (Å²) in [6, 6.07) is 7.60. The number of hydrogen-bond donors (Lipinski definition) is 0. The molecule has 1 aliphatic rings. The highest BCUT2D eigenvalue weighted by atomic mass is 16.2. The first-order valence-corrected chi connectivity index (χ1v) is 10.4. The number of rotatable bonds is 3. The number of carbonyl (C=O) groups is 1. The normalized spacial score (nSPS) is 17.0. The predicted octanol–water partition coefficient (Wildman–Crippen LogP) is 4.25. The minimum Gasteiger partial charge on any atom is -0.338 e. The first kappa shape index (κ1) is 20.1. The van der Waals surface area contributed by atoms with E-state index in [2.05, 4.69) is 35.7 Å². The summed E-state index contributed by atoms with van der Waals surface area (Å²) in [5.41, 5.74) is 3.57. The third-order valence-electron chi connectivity index (χ3n) is 5.48. The molecule has 0 spiro atoms. The van der Waals surface area contributed by atoms with Gasteiger partial charge in [-0.25, -0.2) is 9.97 Å². The second-order valence-electron chi connectivity index (χ2n) is 8.81. The highest BCUT2D eigenvalue weighted by molar-refractivity contribution is 5.94. The molecule has 0 N–H and O–H groups in total. The molecule has 1 unspecified atom stereocenters. The number of carbonyl (C=O) groups excluding carboxylic acids is 1. The highest BCUT2D eigenvalue weighted by Crippen LogP contribution is 2.34. The summed E-state index contributed by atoms with van der Waals surface area (Å²) in [4.78, 5) is 32.9. The zero-order valence-corrected chi connectivity index (χ0v) is 17.7. The van der Waals surface area contributed by atoms with Gasteiger partial charge in [0.05, 0.1) is 11.3 Å². The molecule has 6 heteroatoms. The molecule has 1 aliphatic heterocycles. The van der Waals surface area contributed by atoms with E-state index < -0.39 is 0 Å². The number of aromatic nitrogens is 4. The third kappa shape index (κ3) is 4.22. The summed E-state index contributed by atoms with van der Waals surface area (Å²) >= 11 is 0. The van der Waals surface area contributed by atoms with Crippen molar-refractivity contribution in [1.82, 2.24) is 24.8 Å². The van der Waals surface area contributed by atoms with Gasteiger partial charge in [0.2, 0.25) is 0 Å². The van der Waals surface area contributed by atoms with Crippen LogP contribution >= 0.6 is 0 Å². The van der Waals surface area contributed by atoms with Crippen molar-refractivity contribution in [2.45, 2.75) is 44.9 Å². The second kappa shape index (κ2) is 8.30. The average molecular weight is 402 g/mol. The number of likely N-dealkylation sites (tertiary alicyclic amines) is 1. The van der Waals surface area contributed by atoms with Crippen molar-refractivity contribution in [3.63, 3.8) is 0 Å². The lowest BCUT2D eigenvalue weighted by Crippen LogP contribution is -2.39. The Bertz CT molecular complexity index is 1010. The molecule has 1 amide bonds. The lowest BCUT2D eigenvalue weighted by Gasteiger charge is -2.33. The maximum atomic E-state index is 13.0. The van der Waals surface area contributed by atoms with Crippen LogP contribution in [0.3, 0.4) is 0 Å². The molecule has 1 atom stereocenters. The van der Waals surface area contributed by atoms with Crippen molar-refractivity contribution < 1.29 is 4.79 Å². The van der Waals surface area contributed by atoms with Crippen LogP contribution in [0.25, 0.3) is 11.1 Å². The molecule has 154 valence electrons. The molecule has 3 aromatic heterocycles. The van der Waals surface area contributed by atoms with Crippen LogP contribution in [-0.2, 0) is 5.41 Å². The monoisotopic (exact) mass is 401 g/mol. The van der Waals surface area contributed by atoms with E-state index in [0.717, 1.165) is 42.0 Å². The molecule has 30 heavy (non-hydrogen) atoms. The zero-order chi connectivity index (χ0) is 21.1. The van der Waals surface area contributed by atoms with Crippen molar-refractivity contribution >= 4 is 5.91 Å². The van der Waals surface area contributed by atoms with Crippen molar-refractivity contribution in [3.05, 3.63) is 72.3 Å². The van der Waals surface area contributed by atoms with Gasteiger partial charge in [-0.1, -0.05) is 20.8 Å². The Morgan fingerprint density at radius 2 is 1.87 bits per heavy atom. The van der Waals surface area contributed by atoms with Gasteiger partial charge >= 0.3 is 0 Å². The number of amides is 1. The molecule has 0 bridgehead atoms. The van der Waals surface area contributed by atoms with Gasteiger partial charge in [-0.05, 0) is 42.7 Å². The molecular formula is C24H27N5O. The van der Waals surface area contributed by atoms with Gasteiger partial charge in [0.1, 0.15) is 5.82 Å². The lowest BCUT2D eigenvalue weighted by atomic mass is 9.88. The summed E-state index contributed by atoms with van der Waals surface area (Å²) in [5, 5.41) is 0. The van der Waals surface area contributed by atoms with E-state index in [1.165, 1.54) is 0 Å². The fraction of sp³-hybridized carbons (Fsp3) is 0.375. The smallest absolute Gasteiger partial charge is 0.255 e. The van der Waals surface area contributed by atoms with Crippen molar-refractivity contribution in [2.24, 2.45) is 0 Å². The molecule has 0 saturated carbocycles. The predicted molar refractivity (Wildman–Crippen MR) is 116 cm³/mol. The largest absolute Gasteiger partial charge is 0.338 e. The van der Waals surface area contributed by atoms with E-state index in [0.29, 0.717) is 12.1 Å². The van der Waals surface area contributed by atoms with Crippen LogP contribution in [0.1, 0.15) is 61.4 Å². The van der Waals surface area contributed by atoms with E-state index in [-0.39, 0.29) is 17.2 Å². The Morgan fingerprint density at radius 1 is 1.07 bits per heavy atom. The molecule has 0 aromatic carbocycles. The van der Waals surface area contributed by atoms with Crippen molar-refractivity contribution in [3.8, 4) is 11.1 Å². The highest BCUT2D eigenvalue weighted by Gasteiger charge is 2.30. The van der Waals surface area contributed by atoms with Crippen LogP contribution in [0.2, 0.25) is 0 Å². The third-order valence-corrected chi connectivity index (χ3v) is 5.48. The number of hydrogen-bond acceptors (Lipinski definition) is 5. The van der Waals surface area contributed by atoms with Crippen LogP contribution in [0.15, 0.2) is 55.2 Å². The number of piperidine rings is 1. The van der Waals surface area contributed by atoms with Gasteiger partial charge < -0.3 is 4.90 Å². The Balaban J connectivity index is 1.70. The van der Waals surface area contributed by atoms with Crippen LogP contribution < -0.4 is 0 Å². The van der Waals surface area contributed by atoms with Gasteiger partial charge in [-0.3, -0.25) is 14.8 Å². The maximum Gasteiger partial charge on any atom is 0.255 e. The first-order valence-electron chi connectivity index (χ1n) is 10.4. The summed E-state index contributed by atoms with van der Waals surface area (Å²) < 4.78 is 0. The maximum absolute atomic E-state index is 13.0. The van der Waals surface area contributed by atoms with Crippen molar-refractivity contribution in [1.29, 1.82) is 0 Å². The number of pyridine rings is 2. The van der Waals surface area contributed by atoms with E-state index >= 15 is 0 Å². The quantitative estimate of drug-likeness (QED) is 0.656. The summed E-state index contributed by atoms with van der Waals surface area (Å²) in [6.45, 7) is 7.77. The summed E-state index contributed by atoms with van der Waals surface area (Å²) in [5.74, 6) is 1.01. The molecule has 3 aromatic rings. The van der Waals surface area contributed by atoms with Gasteiger partial charge in [0.15, 0.2) is 0 Å². The van der Waals surface area contributed by atoms with Gasteiger partial charge in [0.25, 0.3) is 5.91 Å². The Morgan fingerprint density at radius 3 is 2.57 bits per heavy atom. The minimum absolute atomic E-state index is 0.0309. The van der Waals surface area contributed by atoms with E-state index in [1.807, 2.05) is 29.3 Å². The molecule has 1 saturated heterocycles. The van der Waals surface area contributed by atoms with Crippen molar-refractivity contribution in [2.75, 3.05) is 13.1 Å². The molecule has 0 radical (unpaired) electrons. The second-order valence-corrected chi connectivity index (χ2v) is 8.81. The molecule has 0 aliphatic carbocycles. The molecule has 6 nitrogen and oxygen atoms in total. The van der Waals surface area contributed by atoms with Crippen LogP contribution in [0, 0.1) is 0 Å². The van der Waals surface area contributed by atoms with Gasteiger partial charge in [-0.2, -0.15) is 0 Å². The van der Waals surface area contributed by atoms with Crippen LogP contribution in [-0.4, -0.2) is 43.8 Å². The zero-order valence-electron chi connectivity index (χ0n) is 17.7. The Labute approximate surface area is 177 Å². The lowest BCUT2D eigenvalue weighted by molar-refractivity contribution is 0.0705. The summed E-state index contributed by atoms with van der Waals surface area (Å²) in [6.07, 6.45) is 10.8. The molecule has 1 fully saturated rings. The molecule has 4 rings (SSSR count). The Hall–Kier alpha value is -3.15. The van der Waals surface area contributed by atoms with E-state index in [9.17, 15) is 4.79 Å². The standard InChI is InChI=1S/C24H27N5O/c1-24(2,3)23-27-15-20(17-8-11-25-12-9-17)21(28-23)19-7-5-13-29(16-19)22(30)18-6-4-10-26-14-18/h4,6,8-12,14-15,19H,5,7,13,16H2,1-3H3. The van der Waals surface area contributed by atoms with Gasteiger partial charge in [-0.15, -0.1) is 0 Å². The van der Waals surface area contributed by atoms with E-state index in [4.69, 9.17) is 4.98 Å². The topological polar surface area (TPSA) is 71.9 Å². The van der Waals surface area contributed by atoms with E-state index in [1.54, 1.807) is 30.9 Å². The first-order chi connectivity index (χ1) is 14.4. The van der Waals surface area contributed by atoms with Gasteiger partial charge in [0, 0.05) is 61.0 Å².